The summed E-state index contributed by atoms with van der Waals surface area (Å²) in [5.41, 5.74) is -0.245. The monoisotopic (exact) mass is 172 g/mol. The lowest BCUT2D eigenvalue weighted by Gasteiger charge is -2.44. The van der Waals surface area contributed by atoms with Crippen molar-refractivity contribution in [2.45, 2.75) is 49.4 Å². The van der Waals surface area contributed by atoms with Gasteiger partial charge >= 0.3 is 0 Å². The van der Waals surface area contributed by atoms with Crippen LogP contribution in [-0.2, 0) is 0 Å². The molecule has 1 aliphatic carbocycles. The Hall–Kier alpha value is 0.310. The molecule has 1 saturated carbocycles. The molecule has 1 heterocycles. The molecule has 1 nitrogen and oxygen atoms in total. The van der Waals surface area contributed by atoms with Gasteiger partial charge in [-0.3, -0.25) is 0 Å². The quantitative estimate of drug-likeness (QED) is 0.654. The van der Waals surface area contributed by atoms with Crippen molar-refractivity contribution in [1.82, 2.24) is 0 Å². The molecule has 0 radical (unpaired) electrons. The van der Waals surface area contributed by atoms with Gasteiger partial charge in [-0.1, -0.05) is 6.42 Å². The summed E-state index contributed by atoms with van der Waals surface area (Å²) in [6.07, 6.45) is 7.31. The standard InChI is InChI=1S/C9H16OS/c10-9(5-3-6-9)8-4-1-2-7-11-8/h8,10H,1-7H2. The zero-order valence-electron chi connectivity index (χ0n) is 6.88. The molecule has 1 saturated heterocycles. The molecule has 64 valence electrons. The molecule has 2 fully saturated rings. The van der Waals surface area contributed by atoms with Gasteiger partial charge in [-0.15, -0.1) is 0 Å². The molecule has 2 heteroatoms. The lowest BCUT2D eigenvalue weighted by molar-refractivity contribution is -0.0367. The smallest absolute Gasteiger partial charge is 0.0765 e. The van der Waals surface area contributed by atoms with E-state index < -0.39 is 0 Å². The Kier molecular flexibility index (Phi) is 2.15. The highest BCUT2D eigenvalue weighted by molar-refractivity contribution is 8.00. The minimum atomic E-state index is -0.245. The SMILES string of the molecule is OC1(C2CCCCS2)CCC1. The Morgan fingerprint density at radius 3 is 2.45 bits per heavy atom. The zero-order valence-corrected chi connectivity index (χ0v) is 7.70. The topological polar surface area (TPSA) is 20.2 Å². The summed E-state index contributed by atoms with van der Waals surface area (Å²) in [5, 5.41) is 10.6. The van der Waals surface area contributed by atoms with Crippen LogP contribution in [0.3, 0.4) is 0 Å². The predicted octanol–water partition coefficient (Wildman–Crippen LogP) is 2.19. The molecule has 2 rings (SSSR count). The minimum absolute atomic E-state index is 0.245. The van der Waals surface area contributed by atoms with Crippen LogP contribution in [-0.4, -0.2) is 21.7 Å². The van der Waals surface area contributed by atoms with Crippen molar-refractivity contribution < 1.29 is 5.11 Å². The fraction of sp³-hybridized carbons (Fsp3) is 1.00. The summed E-state index contributed by atoms with van der Waals surface area (Å²) in [5.74, 6) is 1.27. The Balaban J connectivity index is 1.91. The van der Waals surface area contributed by atoms with Crippen LogP contribution in [0.15, 0.2) is 0 Å². The first-order valence-electron chi connectivity index (χ1n) is 4.65. The lowest BCUT2D eigenvalue weighted by atomic mass is 9.76. The third-order valence-electron chi connectivity index (χ3n) is 3.00. The molecule has 1 unspecified atom stereocenters. The van der Waals surface area contributed by atoms with E-state index in [4.69, 9.17) is 0 Å². The first kappa shape index (κ1) is 7.93. The molecule has 0 spiro atoms. The third-order valence-corrected chi connectivity index (χ3v) is 4.60. The van der Waals surface area contributed by atoms with Crippen molar-refractivity contribution in [1.29, 1.82) is 0 Å². The molecule has 11 heavy (non-hydrogen) atoms. The highest BCUT2D eigenvalue weighted by Crippen LogP contribution is 2.44. The first-order valence-corrected chi connectivity index (χ1v) is 5.70. The summed E-state index contributed by atoms with van der Waals surface area (Å²) in [6.45, 7) is 0. The number of aliphatic hydroxyl groups is 1. The molecule has 1 atom stereocenters. The average Bonchev–Trinajstić information content (AvgIpc) is 2.02. The van der Waals surface area contributed by atoms with Crippen LogP contribution in [0, 0.1) is 0 Å². The van der Waals surface area contributed by atoms with E-state index >= 15 is 0 Å². The van der Waals surface area contributed by atoms with Gasteiger partial charge in [-0.2, -0.15) is 11.8 Å². The van der Waals surface area contributed by atoms with Gasteiger partial charge in [-0.25, -0.2) is 0 Å². The largest absolute Gasteiger partial charge is 0.389 e. The van der Waals surface area contributed by atoms with Gasteiger partial charge in [0.05, 0.1) is 5.60 Å². The van der Waals surface area contributed by atoms with Gasteiger partial charge in [-0.05, 0) is 37.9 Å². The molecular formula is C9H16OS. The minimum Gasteiger partial charge on any atom is -0.389 e. The zero-order chi connectivity index (χ0) is 7.73. The molecule has 0 aromatic rings. The summed E-state index contributed by atoms with van der Waals surface area (Å²) in [6, 6.07) is 0. The molecule has 0 aromatic heterocycles. The first-order chi connectivity index (χ1) is 5.31. The second-order valence-corrected chi connectivity index (χ2v) is 5.12. The van der Waals surface area contributed by atoms with E-state index in [0.717, 1.165) is 12.8 Å². The number of thioether (sulfide) groups is 1. The highest BCUT2D eigenvalue weighted by Gasteiger charge is 2.42. The van der Waals surface area contributed by atoms with Crippen LogP contribution in [0.1, 0.15) is 38.5 Å². The molecule has 1 N–H and O–H groups in total. The Morgan fingerprint density at radius 1 is 1.18 bits per heavy atom. The van der Waals surface area contributed by atoms with Gasteiger partial charge in [0.2, 0.25) is 0 Å². The molecular weight excluding hydrogens is 156 g/mol. The van der Waals surface area contributed by atoms with E-state index in [1.165, 1.54) is 31.4 Å². The number of rotatable bonds is 1. The number of hydrogen-bond acceptors (Lipinski definition) is 2. The van der Waals surface area contributed by atoms with E-state index in [0.29, 0.717) is 5.25 Å². The molecule has 0 amide bonds. The maximum atomic E-state index is 10.0. The van der Waals surface area contributed by atoms with Gasteiger partial charge in [0.1, 0.15) is 0 Å². The van der Waals surface area contributed by atoms with E-state index in [9.17, 15) is 5.11 Å². The van der Waals surface area contributed by atoms with Gasteiger partial charge < -0.3 is 5.11 Å². The van der Waals surface area contributed by atoms with E-state index in [1.807, 2.05) is 11.8 Å². The van der Waals surface area contributed by atoms with Crippen LogP contribution in [0.5, 0.6) is 0 Å². The second-order valence-electron chi connectivity index (χ2n) is 3.81. The molecule has 0 bridgehead atoms. The Labute approximate surface area is 72.6 Å². The average molecular weight is 172 g/mol. The van der Waals surface area contributed by atoms with Crippen LogP contribution in [0.25, 0.3) is 0 Å². The van der Waals surface area contributed by atoms with Gasteiger partial charge in [0.25, 0.3) is 0 Å². The molecule has 1 aliphatic heterocycles. The van der Waals surface area contributed by atoms with Crippen LogP contribution < -0.4 is 0 Å². The van der Waals surface area contributed by atoms with Crippen molar-refractivity contribution in [3.8, 4) is 0 Å². The normalized spacial score (nSPS) is 36.3. The van der Waals surface area contributed by atoms with E-state index in [-0.39, 0.29) is 5.60 Å². The maximum absolute atomic E-state index is 10.0. The maximum Gasteiger partial charge on any atom is 0.0765 e. The predicted molar refractivity (Wildman–Crippen MR) is 48.9 cm³/mol. The van der Waals surface area contributed by atoms with Crippen molar-refractivity contribution in [2.24, 2.45) is 0 Å². The highest BCUT2D eigenvalue weighted by atomic mass is 32.2. The van der Waals surface area contributed by atoms with Gasteiger partial charge in [0, 0.05) is 5.25 Å². The van der Waals surface area contributed by atoms with Crippen LogP contribution in [0.4, 0.5) is 0 Å². The van der Waals surface area contributed by atoms with Crippen molar-refractivity contribution in [3.05, 3.63) is 0 Å². The third kappa shape index (κ3) is 1.43. The van der Waals surface area contributed by atoms with Crippen molar-refractivity contribution >= 4 is 11.8 Å². The molecule has 0 aromatic carbocycles. The Morgan fingerprint density at radius 2 is 2.00 bits per heavy atom. The lowest BCUT2D eigenvalue weighted by Crippen LogP contribution is -2.47. The summed E-state index contributed by atoms with van der Waals surface area (Å²) in [7, 11) is 0. The summed E-state index contributed by atoms with van der Waals surface area (Å²) < 4.78 is 0. The number of hydrogen-bond donors (Lipinski definition) is 1. The summed E-state index contributed by atoms with van der Waals surface area (Å²) >= 11 is 2.00. The fourth-order valence-corrected chi connectivity index (χ4v) is 3.56. The van der Waals surface area contributed by atoms with Crippen LogP contribution in [0.2, 0.25) is 0 Å². The van der Waals surface area contributed by atoms with Gasteiger partial charge in [0.15, 0.2) is 0 Å². The fourth-order valence-electron chi connectivity index (χ4n) is 2.03. The summed E-state index contributed by atoms with van der Waals surface area (Å²) in [4.78, 5) is 0. The van der Waals surface area contributed by atoms with Crippen LogP contribution >= 0.6 is 11.8 Å². The molecule has 2 aliphatic rings. The van der Waals surface area contributed by atoms with E-state index in [1.54, 1.807) is 0 Å². The Bertz CT molecular complexity index is 136. The van der Waals surface area contributed by atoms with E-state index in [2.05, 4.69) is 0 Å². The van der Waals surface area contributed by atoms with Crippen molar-refractivity contribution in [2.75, 3.05) is 5.75 Å². The van der Waals surface area contributed by atoms with Crippen molar-refractivity contribution in [3.63, 3.8) is 0 Å². The second kappa shape index (κ2) is 2.98.